The minimum atomic E-state index is -3.02. The van der Waals surface area contributed by atoms with E-state index >= 15 is 0 Å². The summed E-state index contributed by atoms with van der Waals surface area (Å²) in [6.45, 7) is 2.10. The summed E-state index contributed by atoms with van der Waals surface area (Å²) in [5.41, 5.74) is 2.40. The summed E-state index contributed by atoms with van der Waals surface area (Å²) in [4.78, 5) is 0. The van der Waals surface area contributed by atoms with E-state index in [0.717, 1.165) is 11.9 Å². The average Bonchev–Trinajstić information content (AvgIpc) is 2.82. The Balaban J connectivity index is 2.09. The second-order valence-corrected chi connectivity index (χ2v) is 16.6. The van der Waals surface area contributed by atoms with Crippen molar-refractivity contribution < 1.29 is 4.74 Å². The number of ether oxygens (including phenoxy) is 1. The molecule has 4 aromatic rings. The van der Waals surface area contributed by atoms with Crippen LogP contribution in [0.3, 0.4) is 0 Å². The van der Waals surface area contributed by atoms with Crippen LogP contribution in [0.25, 0.3) is 0 Å². The topological polar surface area (TPSA) is 9.23 Å². The van der Waals surface area contributed by atoms with E-state index in [2.05, 4.69) is 132 Å². The molecule has 0 bridgehead atoms. The molecule has 0 unspecified atom stereocenters. The van der Waals surface area contributed by atoms with Gasteiger partial charge in [-0.15, -0.1) is 0 Å². The molecule has 152 valence electrons. The van der Waals surface area contributed by atoms with E-state index in [1.54, 1.807) is 7.11 Å². The van der Waals surface area contributed by atoms with E-state index in [1.165, 1.54) is 27.0 Å². The van der Waals surface area contributed by atoms with E-state index < -0.39 is 5.31 Å². The number of halogens is 1. The van der Waals surface area contributed by atoms with Crippen molar-refractivity contribution in [3.8, 4) is 5.75 Å². The quantitative estimate of drug-likeness (QED) is 0.295. The normalized spacial score (nSPS) is 12.7. The van der Waals surface area contributed by atoms with Gasteiger partial charge in [-0.25, -0.2) is 0 Å². The summed E-state index contributed by atoms with van der Waals surface area (Å²) >= 11 is 4.51. The third-order valence-electron chi connectivity index (χ3n) is 5.79. The first kappa shape index (κ1) is 20.8. The Hall–Kier alpha value is -2.41. The van der Waals surface area contributed by atoms with Crippen LogP contribution < -0.4 is 20.7 Å². The van der Waals surface area contributed by atoms with Gasteiger partial charge >= 0.3 is 188 Å². The molecule has 0 radical (unpaired) electrons. The fourth-order valence-electron chi connectivity index (χ4n) is 4.24. The molecule has 4 rings (SSSR count). The van der Waals surface area contributed by atoms with Crippen LogP contribution in [0.2, 0.25) is 0 Å². The van der Waals surface area contributed by atoms with E-state index in [9.17, 15) is 0 Å². The van der Waals surface area contributed by atoms with Gasteiger partial charge in [0.1, 0.15) is 0 Å². The molecule has 4 aromatic carbocycles. The molecular formula is C27H26BrOP. The van der Waals surface area contributed by atoms with Gasteiger partial charge < -0.3 is 0 Å². The van der Waals surface area contributed by atoms with Gasteiger partial charge in [0.05, 0.1) is 0 Å². The van der Waals surface area contributed by atoms with Gasteiger partial charge in [-0.05, 0) is 0 Å². The number of hydrogen-bond donors (Lipinski definition) is 0. The first-order valence-electron chi connectivity index (χ1n) is 10.1. The maximum absolute atomic E-state index is 5.82. The predicted octanol–water partition coefficient (Wildman–Crippen LogP) is 6.34. The summed E-state index contributed by atoms with van der Waals surface area (Å²) < 4.78 is 5.82. The first-order chi connectivity index (χ1) is 14.6. The first-order valence-corrected chi connectivity index (χ1v) is 14.5. The molecule has 0 amide bonds. The second-order valence-electron chi connectivity index (χ2n) is 7.66. The van der Waals surface area contributed by atoms with Crippen molar-refractivity contribution in [3.05, 3.63) is 120 Å². The Bertz CT molecular complexity index is 1030. The van der Waals surface area contributed by atoms with Gasteiger partial charge in [0.25, 0.3) is 0 Å². The zero-order chi connectivity index (χ0) is 21.1. The molecule has 0 aliphatic rings. The molecule has 3 heteroatoms. The minimum absolute atomic E-state index is 0.826. The van der Waals surface area contributed by atoms with Gasteiger partial charge in [-0.1, -0.05) is 0 Å². The van der Waals surface area contributed by atoms with Crippen LogP contribution in [-0.2, 0) is 6.16 Å². The van der Waals surface area contributed by atoms with Crippen LogP contribution in [0.1, 0.15) is 11.1 Å². The molecule has 0 heterocycles. The van der Waals surface area contributed by atoms with Crippen LogP contribution in [0.5, 0.6) is 5.75 Å². The SMILES string of the molecule is COc1cc(C)ccc1CP(Br)(c1ccccc1)(c1ccccc1)c1ccccc1. The van der Waals surface area contributed by atoms with Gasteiger partial charge in [0, 0.05) is 0 Å². The van der Waals surface area contributed by atoms with Crippen molar-refractivity contribution in [1.29, 1.82) is 0 Å². The molecule has 0 aliphatic carbocycles. The van der Waals surface area contributed by atoms with Crippen molar-refractivity contribution >= 4 is 36.7 Å². The third kappa shape index (κ3) is 3.49. The van der Waals surface area contributed by atoms with Gasteiger partial charge in [0.2, 0.25) is 0 Å². The van der Waals surface area contributed by atoms with Crippen LogP contribution in [-0.4, -0.2) is 7.11 Å². The maximum atomic E-state index is 5.82. The fraction of sp³-hybridized carbons (Fsp3) is 0.111. The number of hydrogen-bond acceptors (Lipinski definition) is 1. The summed E-state index contributed by atoms with van der Waals surface area (Å²) in [6, 6.07) is 39.1. The molecule has 0 N–H and O–H groups in total. The summed E-state index contributed by atoms with van der Waals surface area (Å²) in [7, 11) is 1.76. The Morgan fingerprint density at radius 1 is 0.667 bits per heavy atom. The Morgan fingerprint density at radius 3 is 1.50 bits per heavy atom. The Kier molecular flexibility index (Phi) is 5.82. The molecule has 0 spiro atoms. The van der Waals surface area contributed by atoms with Gasteiger partial charge in [-0.2, -0.15) is 0 Å². The average molecular weight is 477 g/mol. The van der Waals surface area contributed by atoms with Crippen LogP contribution in [0.15, 0.2) is 109 Å². The molecule has 30 heavy (non-hydrogen) atoms. The van der Waals surface area contributed by atoms with E-state index in [0.29, 0.717) is 0 Å². The molecule has 0 aliphatic heterocycles. The second kappa shape index (κ2) is 8.38. The predicted molar refractivity (Wildman–Crippen MR) is 136 cm³/mol. The summed E-state index contributed by atoms with van der Waals surface area (Å²) in [5.74, 6) is 0.936. The van der Waals surface area contributed by atoms with Crippen molar-refractivity contribution in [1.82, 2.24) is 0 Å². The van der Waals surface area contributed by atoms with Gasteiger partial charge in [0.15, 0.2) is 0 Å². The molecular weight excluding hydrogens is 451 g/mol. The molecule has 0 saturated heterocycles. The van der Waals surface area contributed by atoms with E-state index in [4.69, 9.17) is 4.74 Å². The number of benzene rings is 4. The molecule has 1 nitrogen and oxygen atoms in total. The number of methoxy groups -OCH3 is 1. The third-order valence-corrected chi connectivity index (χ3v) is 15.3. The zero-order valence-corrected chi connectivity index (χ0v) is 19.8. The number of rotatable bonds is 6. The fourth-order valence-corrected chi connectivity index (χ4v) is 11.9. The molecule has 0 atom stereocenters. The Labute approximate surface area is 187 Å². The van der Waals surface area contributed by atoms with E-state index in [1.807, 2.05) is 0 Å². The molecule has 0 saturated carbocycles. The van der Waals surface area contributed by atoms with Crippen molar-refractivity contribution in [3.63, 3.8) is 0 Å². The van der Waals surface area contributed by atoms with E-state index in [-0.39, 0.29) is 0 Å². The summed E-state index contributed by atoms with van der Waals surface area (Å²) in [6.07, 6.45) is 0.826. The van der Waals surface area contributed by atoms with Crippen molar-refractivity contribution in [2.45, 2.75) is 13.1 Å². The number of aryl methyl sites for hydroxylation is 1. The monoisotopic (exact) mass is 476 g/mol. The Morgan fingerprint density at radius 2 is 1.10 bits per heavy atom. The zero-order valence-electron chi connectivity index (χ0n) is 17.3. The van der Waals surface area contributed by atoms with Crippen molar-refractivity contribution in [2.75, 3.05) is 7.11 Å². The van der Waals surface area contributed by atoms with Crippen molar-refractivity contribution in [2.24, 2.45) is 0 Å². The molecule has 0 fully saturated rings. The standard InChI is InChI=1S/C27H26BrOP/c1-22-18-19-23(27(20-22)29-2)21-30(28,24-12-6-3-7-13-24,25-14-8-4-9-15-25)26-16-10-5-11-17-26/h3-20H,21H2,1-2H3. The summed E-state index contributed by atoms with van der Waals surface area (Å²) in [5, 5.41) is 0.911. The van der Waals surface area contributed by atoms with Crippen LogP contribution >= 0.6 is 20.8 Å². The van der Waals surface area contributed by atoms with Gasteiger partial charge in [-0.3, -0.25) is 0 Å². The van der Waals surface area contributed by atoms with Crippen LogP contribution in [0.4, 0.5) is 0 Å². The molecule has 0 aromatic heterocycles. The van der Waals surface area contributed by atoms with Crippen LogP contribution in [0, 0.1) is 6.92 Å².